The Balaban J connectivity index is 5.19. The normalized spacial score (nSPS) is 14.1. The minimum atomic E-state index is -4.96. The second-order valence-electron chi connectivity index (χ2n) is 27.6. The highest BCUT2D eigenvalue weighted by Gasteiger charge is 2.30. The van der Waals surface area contributed by atoms with E-state index in [1.807, 2.05) is 0 Å². The van der Waals surface area contributed by atoms with Gasteiger partial charge in [-0.05, 0) is 37.5 Å². The number of carbonyl (C=O) groups excluding carboxylic acids is 4. The van der Waals surface area contributed by atoms with Crippen LogP contribution in [0.2, 0.25) is 0 Å². The van der Waals surface area contributed by atoms with Crippen molar-refractivity contribution in [3.05, 3.63) is 0 Å². The van der Waals surface area contributed by atoms with Crippen molar-refractivity contribution in [2.75, 3.05) is 39.6 Å². The number of esters is 4. The van der Waals surface area contributed by atoms with Gasteiger partial charge in [0.05, 0.1) is 26.4 Å². The van der Waals surface area contributed by atoms with Crippen LogP contribution in [0.1, 0.15) is 382 Å². The quantitative estimate of drug-likeness (QED) is 0.0222. The molecule has 0 saturated carbocycles. The van der Waals surface area contributed by atoms with E-state index in [1.165, 1.54) is 193 Å². The molecule has 0 heterocycles. The van der Waals surface area contributed by atoms with Crippen LogP contribution >= 0.6 is 15.6 Å². The maximum Gasteiger partial charge on any atom is 0.472 e. The van der Waals surface area contributed by atoms with Gasteiger partial charge in [-0.15, -0.1) is 0 Å². The van der Waals surface area contributed by atoms with Gasteiger partial charge in [-0.1, -0.05) is 330 Å². The summed E-state index contributed by atoms with van der Waals surface area (Å²) in [4.78, 5) is 72.6. The summed E-state index contributed by atoms with van der Waals surface area (Å²) in [6.45, 7) is 9.51. The molecule has 0 aromatic rings. The first-order chi connectivity index (χ1) is 44.9. The van der Waals surface area contributed by atoms with Gasteiger partial charge >= 0.3 is 39.5 Å². The fourth-order valence-corrected chi connectivity index (χ4v) is 12.9. The molecule has 2 unspecified atom stereocenters. The summed E-state index contributed by atoms with van der Waals surface area (Å²) < 4.78 is 68.3. The zero-order valence-corrected chi connectivity index (χ0v) is 62.3. The predicted octanol–water partition coefficient (Wildman–Crippen LogP) is 21.6. The molecule has 0 bridgehead atoms. The molecule has 0 saturated heterocycles. The fraction of sp³-hybridized carbons (Fsp3) is 0.946. The number of hydrogen-bond acceptors (Lipinski definition) is 15. The summed E-state index contributed by atoms with van der Waals surface area (Å²) in [5, 5.41) is 10.6. The summed E-state index contributed by atoms with van der Waals surface area (Å²) in [7, 11) is -9.90. The van der Waals surface area contributed by atoms with Crippen molar-refractivity contribution in [2.24, 2.45) is 11.8 Å². The number of hydrogen-bond donors (Lipinski definition) is 3. The predicted molar refractivity (Wildman–Crippen MR) is 377 cm³/mol. The largest absolute Gasteiger partial charge is 0.472 e. The molecule has 17 nitrogen and oxygen atoms in total. The van der Waals surface area contributed by atoms with Crippen LogP contribution in [0.5, 0.6) is 0 Å². The zero-order chi connectivity index (χ0) is 68.6. The van der Waals surface area contributed by atoms with Gasteiger partial charge in [-0.3, -0.25) is 37.3 Å². The van der Waals surface area contributed by atoms with Crippen LogP contribution < -0.4 is 0 Å². The molecule has 0 aliphatic heterocycles. The Morgan fingerprint density at radius 1 is 0.290 bits per heavy atom. The van der Waals surface area contributed by atoms with Gasteiger partial charge in [-0.25, -0.2) is 9.13 Å². The maximum atomic E-state index is 13.1. The van der Waals surface area contributed by atoms with Gasteiger partial charge in [0.15, 0.2) is 12.2 Å². The van der Waals surface area contributed by atoms with E-state index in [9.17, 15) is 43.2 Å². The van der Waals surface area contributed by atoms with Crippen molar-refractivity contribution in [2.45, 2.75) is 400 Å². The zero-order valence-electron chi connectivity index (χ0n) is 60.6. The molecule has 0 radical (unpaired) electrons. The van der Waals surface area contributed by atoms with Crippen LogP contribution in [-0.4, -0.2) is 96.7 Å². The molecule has 0 fully saturated rings. The van der Waals surface area contributed by atoms with Crippen molar-refractivity contribution in [1.82, 2.24) is 0 Å². The Hall–Kier alpha value is -1.94. The molecule has 0 aromatic carbocycles. The lowest BCUT2D eigenvalue weighted by molar-refractivity contribution is -0.161. The first kappa shape index (κ1) is 91.1. The van der Waals surface area contributed by atoms with Crippen LogP contribution in [0, 0.1) is 11.8 Å². The SMILES string of the molecule is CCCCCCCCCCCCCCCCCCCCC(=O)O[C@H](COC(=O)CCCCCCCCCCCCCCCCC(C)C)COP(=O)(O)OC[C@@H](O)COP(=O)(O)OC[C@@H](COC(=O)CCCCCCCCCC)OC(=O)CCCCCCCCCC(C)C. The highest BCUT2D eigenvalue weighted by Crippen LogP contribution is 2.45. The van der Waals surface area contributed by atoms with E-state index in [-0.39, 0.29) is 25.7 Å². The molecule has 0 aliphatic rings. The van der Waals surface area contributed by atoms with Crippen molar-refractivity contribution >= 4 is 39.5 Å². The van der Waals surface area contributed by atoms with E-state index >= 15 is 0 Å². The Kier molecular flexibility index (Phi) is 64.6. The summed E-state index contributed by atoms with van der Waals surface area (Å²) in [5.41, 5.74) is 0. The molecule has 0 amide bonds. The number of ether oxygens (including phenoxy) is 4. The van der Waals surface area contributed by atoms with Gasteiger partial charge in [0.2, 0.25) is 0 Å². The van der Waals surface area contributed by atoms with Crippen molar-refractivity contribution < 1.29 is 80.2 Å². The third-order valence-electron chi connectivity index (χ3n) is 17.2. The molecule has 0 aliphatic carbocycles. The van der Waals surface area contributed by atoms with Crippen LogP contribution in [0.15, 0.2) is 0 Å². The number of rotatable bonds is 73. The third-order valence-corrected chi connectivity index (χ3v) is 19.1. The Morgan fingerprint density at radius 2 is 0.495 bits per heavy atom. The monoisotopic (exact) mass is 1370 g/mol. The summed E-state index contributed by atoms with van der Waals surface area (Å²) in [6, 6.07) is 0. The molecule has 19 heteroatoms. The molecule has 552 valence electrons. The number of aliphatic hydroxyl groups is 1. The summed E-state index contributed by atoms with van der Waals surface area (Å²) in [6.07, 6.45) is 52.9. The molecule has 0 aromatic heterocycles. The van der Waals surface area contributed by atoms with Crippen molar-refractivity contribution in [3.8, 4) is 0 Å². The maximum absolute atomic E-state index is 13.1. The molecular weight excluding hydrogens is 1220 g/mol. The average molecular weight is 1370 g/mol. The van der Waals surface area contributed by atoms with Crippen LogP contribution in [0.4, 0.5) is 0 Å². The lowest BCUT2D eigenvalue weighted by Crippen LogP contribution is -2.30. The van der Waals surface area contributed by atoms with Gasteiger partial charge in [0.1, 0.15) is 19.3 Å². The van der Waals surface area contributed by atoms with E-state index in [0.29, 0.717) is 31.6 Å². The van der Waals surface area contributed by atoms with Gasteiger partial charge in [0.25, 0.3) is 0 Å². The van der Waals surface area contributed by atoms with E-state index in [1.54, 1.807) is 0 Å². The van der Waals surface area contributed by atoms with E-state index in [4.69, 9.17) is 37.0 Å². The molecule has 5 atom stereocenters. The minimum Gasteiger partial charge on any atom is -0.462 e. The second kappa shape index (κ2) is 66.0. The standard InChI is InChI=1S/C74H144O17P2/c1-7-9-11-13-15-17-18-19-20-21-22-23-28-31-34-40-46-52-58-73(78)90-69(63-85-72(77)57-51-45-39-33-30-27-25-24-26-29-32-36-42-48-54-66(3)4)64-88-92(80,81)86-60-68(75)61-87-93(82,83)89-65-70(62-84-71(76)56-50-44-38-16-14-12-10-8-2)91-74(79)59-53-47-41-35-37-43-49-55-67(5)6/h66-70,75H,7-65H2,1-6H3,(H,80,81)(H,82,83)/t68-,69-,70-/m1/s1. The smallest absolute Gasteiger partial charge is 0.462 e. The minimum absolute atomic E-state index is 0.103. The molecule has 0 spiro atoms. The molecule has 93 heavy (non-hydrogen) atoms. The number of unbranched alkanes of at least 4 members (excludes halogenated alkanes) is 43. The highest BCUT2D eigenvalue weighted by atomic mass is 31.2. The molecule has 0 rings (SSSR count). The average Bonchev–Trinajstić information content (AvgIpc) is 3.73. The van der Waals surface area contributed by atoms with Gasteiger partial charge < -0.3 is 33.8 Å². The van der Waals surface area contributed by atoms with Crippen molar-refractivity contribution in [1.29, 1.82) is 0 Å². The van der Waals surface area contributed by atoms with Crippen molar-refractivity contribution in [3.63, 3.8) is 0 Å². The highest BCUT2D eigenvalue weighted by molar-refractivity contribution is 7.47. The van der Waals surface area contributed by atoms with Gasteiger partial charge in [0, 0.05) is 25.7 Å². The first-order valence-electron chi connectivity index (χ1n) is 38.5. The lowest BCUT2D eigenvalue weighted by Gasteiger charge is -2.21. The Bertz CT molecular complexity index is 1800. The van der Waals surface area contributed by atoms with Crippen LogP contribution in [0.25, 0.3) is 0 Å². The van der Waals surface area contributed by atoms with Crippen LogP contribution in [-0.2, 0) is 65.4 Å². The first-order valence-corrected chi connectivity index (χ1v) is 41.5. The Labute approximate surface area is 568 Å². The number of aliphatic hydroxyl groups excluding tert-OH is 1. The number of phosphoric ester groups is 2. The lowest BCUT2D eigenvalue weighted by atomic mass is 10.0. The molecule has 3 N–H and O–H groups in total. The topological polar surface area (TPSA) is 237 Å². The summed E-state index contributed by atoms with van der Waals surface area (Å²) >= 11 is 0. The fourth-order valence-electron chi connectivity index (χ4n) is 11.3. The van der Waals surface area contributed by atoms with Gasteiger partial charge in [-0.2, -0.15) is 0 Å². The van der Waals surface area contributed by atoms with Crippen LogP contribution in [0.3, 0.4) is 0 Å². The van der Waals surface area contributed by atoms with E-state index in [0.717, 1.165) is 102 Å². The second-order valence-corrected chi connectivity index (χ2v) is 30.5. The molecular formula is C74H144O17P2. The number of phosphoric acid groups is 2. The van der Waals surface area contributed by atoms with E-state index < -0.39 is 97.5 Å². The Morgan fingerprint density at radius 3 is 0.731 bits per heavy atom. The van der Waals surface area contributed by atoms with E-state index in [2.05, 4.69) is 41.5 Å². The third kappa shape index (κ3) is 68.4. The number of carbonyl (C=O) groups is 4. The summed E-state index contributed by atoms with van der Waals surface area (Å²) in [5.74, 6) is -0.628.